The molecule has 0 heterocycles. The lowest BCUT2D eigenvalue weighted by Gasteiger charge is -2.02. The Morgan fingerprint density at radius 1 is 1.67 bits per heavy atom. The monoisotopic (exact) mass is 173 g/mol. The van der Waals surface area contributed by atoms with Crippen LogP contribution in [0.3, 0.4) is 0 Å². The van der Waals surface area contributed by atoms with Crippen LogP contribution in [0.1, 0.15) is 6.92 Å². The Labute approximate surface area is 69.7 Å². The van der Waals surface area contributed by atoms with E-state index in [-0.39, 0.29) is 12.4 Å². The topological polar surface area (TPSA) is 93.4 Å². The summed E-state index contributed by atoms with van der Waals surface area (Å²) in [6.07, 6.45) is 1.42. The maximum absolute atomic E-state index is 10.7. The fraction of sp³-hybridized carbons (Fsp3) is 0.333. The molecule has 0 aliphatic carbocycles. The van der Waals surface area contributed by atoms with Crippen LogP contribution in [0.15, 0.2) is 11.9 Å². The van der Waals surface area contributed by atoms with Gasteiger partial charge in [0.05, 0.1) is 12.7 Å². The van der Waals surface area contributed by atoms with E-state index in [0.717, 1.165) is 6.08 Å². The van der Waals surface area contributed by atoms with Gasteiger partial charge in [-0.15, -0.1) is 0 Å². The van der Waals surface area contributed by atoms with Gasteiger partial charge in [0.15, 0.2) is 0 Å². The third-order valence-electron chi connectivity index (χ3n) is 0.835. The number of carbonyl (C=O) groups excluding carboxylic acids is 2. The predicted octanol–water partition coefficient (Wildman–Crippen LogP) is -1.40. The van der Waals surface area contributed by atoms with Gasteiger partial charge < -0.3 is 10.5 Å². The van der Waals surface area contributed by atoms with Gasteiger partial charge in [-0.1, -0.05) is 0 Å². The summed E-state index contributed by atoms with van der Waals surface area (Å²) in [7, 11) is 0. The Kier molecular flexibility index (Phi) is 5.16. The number of hydrazine groups is 1. The van der Waals surface area contributed by atoms with Gasteiger partial charge in [-0.2, -0.15) is 0 Å². The molecule has 0 aliphatic heterocycles. The molecule has 0 saturated carbocycles. The van der Waals surface area contributed by atoms with Gasteiger partial charge in [0.1, 0.15) is 5.82 Å². The van der Waals surface area contributed by atoms with E-state index in [9.17, 15) is 9.59 Å². The third kappa shape index (κ3) is 5.10. The van der Waals surface area contributed by atoms with Crippen LogP contribution < -0.4 is 16.6 Å². The highest BCUT2D eigenvalue weighted by molar-refractivity contribution is 5.82. The van der Waals surface area contributed by atoms with Crippen molar-refractivity contribution in [1.82, 2.24) is 10.9 Å². The maximum atomic E-state index is 10.7. The van der Waals surface area contributed by atoms with Gasteiger partial charge in [-0.25, -0.2) is 4.79 Å². The molecule has 0 radical (unpaired) electrons. The zero-order chi connectivity index (χ0) is 9.40. The number of hydrogen-bond acceptors (Lipinski definition) is 5. The normalized spacial score (nSPS) is 10.2. The van der Waals surface area contributed by atoms with Crippen LogP contribution in [0.4, 0.5) is 0 Å². The van der Waals surface area contributed by atoms with Crippen LogP contribution in [-0.4, -0.2) is 19.0 Å². The van der Waals surface area contributed by atoms with Crippen molar-refractivity contribution in [2.75, 3.05) is 6.61 Å². The summed E-state index contributed by atoms with van der Waals surface area (Å²) in [6, 6.07) is 0. The molecule has 68 valence electrons. The second-order valence-electron chi connectivity index (χ2n) is 1.74. The molecule has 4 N–H and O–H groups in total. The average molecular weight is 173 g/mol. The highest BCUT2D eigenvalue weighted by Crippen LogP contribution is 1.81. The minimum absolute atomic E-state index is 0.0144. The lowest BCUT2D eigenvalue weighted by atomic mass is 10.5. The van der Waals surface area contributed by atoms with E-state index in [1.165, 1.54) is 0 Å². The Hall–Kier alpha value is -1.72. The van der Waals surface area contributed by atoms with Gasteiger partial charge in [0.25, 0.3) is 0 Å². The smallest absolute Gasteiger partial charge is 0.334 e. The number of nitrogens with one attached hydrogen (secondary N) is 2. The quantitative estimate of drug-likeness (QED) is 0.206. The molecular weight excluding hydrogens is 162 g/mol. The first-order valence-corrected chi connectivity index (χ1v) is 3.29. The van der Waals surface area contributed by atoms with Gasteiger partial charge in [-0.05, 0) is 6.92 Å². The molecule has 1 amide bonds. The molecule has 0 fully saturated rings. The van der Waals surface area contributed by atoms with Crippen molar-refractivity contribution in [1.29, 1.82) is 0 Å². The van der Waals surface area contributed by atoms with E-state index in [4.69, 9.17) is 5.73 Å². The summed E-state index contributed by atoms with van der Waals surface area (Å²) in [5, 5.41) is 0. The first kappa shape index (κ1) is 10.3. The number of carbonyl (C=O) groups is 2. The summed E-state index contributed by atoms with van der Waals surface area (Å²) >= 11 is 0. The molecule has 6 heteroatoms. The van der Waals surface area contributed by atoms with Crippen molar-refractivity contribution in [2.24, 2.45) is 5.73 Å². The molecule has 0 spiro atoms. The lowest BCUT2D eigenvalue weighted by Crippen LogP contribution is -2.33. The highest BCUT2D eigenvalue weighted by atomic mass is 16.5. The van der Waals surface area contributed by atoms with Gasteiger partial charge in [0, 0.05) is 0 Å². The Morgan fingerprint density at radius 3 is 2.83 bits per heavy atom. The fourth-order valence-electron chi connectivity index (χ4n) is 0.460. The summed E-state index contributed by atoms with van der Waals surface area (Å²) in [6.45, 7) is 1.96. The average Bonchev–Trinajstić information content (AvgIpc) is 2.01. The molecule has 0 rings (SSSR count). The van der Waals surface area contributed by atoms with Gasteiger partial charge >= 0.3 is 5.97 Å². The van der Waals surface area contributed by atoms with Crippen molar-refractivity contribution >= 4 is 12.4 Å². The SMILES string of the molecule is CCOC(=O)C=C(N)NNC=O. The second-order valence-corrected chi connectivity index (χ2v) is 1.74. The molecule has 0 aromatic rings. The number of ether oxygens (including phenoxy) is 1. The molecule has 0 aliphatic rings. The summed E-state index contributed by atoms with van der Waals surface area (Å²) in [4.78, 5) is 20.4. The van der Waals surface area contributed by atoms with Crippen molar-refractivity contribution in [3.63, 3.8) is 0 Å². The van der Waals surface area contributed by atoms with Crippen molar-refractivity contribution in [2.45, 2.75) is 6.92 Å². The van der Waals surface area contributed by atoms with Gasteiger partial charge in [-0.3, -0.25) is 15.6 Å². The number of hydrogen-bond donors (Lipinski definition) is 3. The van der Waals surface area contributed by atoms with Crippen LogP contribution in [0.25, 0.3) is 0 Å². The van der Waals surface area contributed by atoms with E-state index in [1.54, 1.807) is 6.92 Å². The molecule has 0 unspecified atom stereocenters. The van der Waals surface area contributed by atoms with Crippen molar-refractivity contribution in [3.05, 3.63) is 11.9 Å². The molecule has 0 bridgehead atoms. The Morgan fingerprint density at radius 2 is 2.33 bits per heavy atom. The highest BCUT2D eigenvalue weighted by Gasteiger charge is 1.96. The first-order valence-electron chi connectivity index (χ1n) is 3.29. The predicted molar refractivity (Wildman–Crippen MR) is 41.2 cm³/mol. The van der Waals surface area contributed by atoms with E-state index >= 15 is 0 Å². The van der Waals surface area contributed by atoms with Gasteiger partial charge in [0.2, 0.25) is 6.41 Å². The van der Waals surface area contributed by atoms with Crippen LogP contribution in [0.2, 0.25) is 0 Å². The second kappa shape index (κ2) is 6.02. The van der Waals surface area contributed by atoms with E-state index < -0.39 is 5.97 Å². The summed E-state index contributed by atoms with van der Waals surface area (Å²) in [5.41, 5.74) is 9.52. The van der Waals surface area contributed by atoms with Crippen LogP contribution in [0.5, 0.6) is 0 Å². The van der Waals surface area contributed by atoms with E-state index in [1.807, 2.05) is 0 Å². The number of esters is 1. The molecule has 0 aromatic carbocycles. The van der Waals surface area contributed by atoms with Crippen LogP contribution in [0, 0.1) is 0 Å². The van der Waals surface area contributed by atoms with Crippen molar-refractivity contribution < 1.29 is 14.3 Å². The summed E-state index contributed by atoms with van der Waals surface area (Å²) in [5.74, 6) is -0.546. The third-order valence-corrected chi connectivity index (χ3v) is 0.835. The first-order chi connectivity index (χ1) is 5.70. The molecule has 0 saturated heterocycles. The number of amides is 1. The van der Waals surface area contributed by atoms with Crippen LogP contribution >= 0.6 is 0 Å². The fourth-order valence-corrected chi connectivity index (χ4v) is 0.460. The largest absolute Gasteiger partial charge is 0.463 e. The van der Waals surface area contributed by atoms with Crippen LogP contribution in [-0.2, 0) is 14.3 Å². The number of rotatable bonds is 5. The zero-order valence-electron chi connectivity index (χ0n) is 6.66. The molecule has 0 aromatic heterocycles. The minimum Gasteiger partial charge on any atom is -0.463 e. The molecule has 6 nitrogen and oxygen atoms in total. The lowest BCUT2D eigenvalue weighted by molar-refractivity contribution is -0.137. The maximum Gasteiger partial charge on any atom is 0.334 e. The summed E-state index contributed by atoms with van der Waals surface area (Å²) < 4.78 is 4.54. The zero-order valence-corrected chi connectivity index (χ0v) is 6.66. The van der Waals surface area contributed by atoms with Crippen molar-refractivity contribution in [3.8, 4) is 0 Å². The minimum atomic E-state index is -0.560. The standard InChI is InChI=1S/C6H11N3O3/c1-2-12-6(11)3-5(7)9-8-4-10/h3-4,9H,2,7H2,1H3,(H,8,10). The molecule has 12 heavy (non-hydrogen) atoms. The van der Waals surface area contributed by atoms with E-state index in [2.05, 4.69) is 15.6 Å². The number of nitrogens with two attached hydrogens (primary N) is 1. The molecule has 0 atom stereocenters. The Balaban J connectivity index is 3.80. The molecular formula is C6H11N3O3. The Bertz CT molecular complexity index is 190. The van der Waals surface area contributed by atoms with E-state index in [0.29, 0.717) is 6.41 Å².